The van der Waals surface area contributed by atoms with Crippen molar-refractivity contribution in [1.29, 1.82) is 0 Å². The van der Waals surface area contributed by atoms with Crippen LogP contribution in [0.1, 0.15) is 23.7 Å². The van der Waals surface area contributed by atoms with Gasteiger partial charge in [-0.25, -0.2) is 4.79 Å². The number of benzene rings is 1. The molecule has 2 bridgehead atoms. The highest BCUT2D eigenvalue weighted by Gasteiger charge is 2.67. The molecule has 1 amide bonds. The Morgan fingerprint density at radius 3 is 2.92 bits per heavy atom. The van der Waals surface area contributed by atoms with Gasteiger partial charge in [-0.3, -0.25) is 4.79 Å². The van der Waals surface area contributed by atoms with Crippen LogP contribution in [0.2, 0.25) is 0 Å². The molecule has 7 nitrogen and oxygen atoms in total. The van der Waals surface area contributed by atoms with E-state index in [0.717, 1.165) is 5.56 Å². The lowest BCUT2D eigenvalue weighted by molar-refractivity contribution is -0.129. The third kappa shape index (κ3) is 1.58. The number of likely N-dealkylation sites (tertiary alicyclic amines) is 1. The molecule has 1 aromatic carbocycles. The number of ether oxygens (including phenoxy) is 3. The zero-order chi connectivity index (χ0) is 18.2. The van der Waals surface area contributed by atoms with Gasteiger partial charge in [-0.2, -0.15) is 0 Å². The molecule has 7 heteroatoms. The fourth-order valence-electron chi connectivity index (χ4n) is 5.42. The molecule has 5 rings (SSSR count). The van der Waals surface area contributed by atoms with Gasteiger partial charge in [0.05, 0.1) is 25.7 Å². The summed E-state index contributed by atoms with van der Waals surface area (Å²) in [5.74, 6) is 0.780. The number of amides is 1. The highest BCUT2D eigenvalue weighted by molar-refractivity contribution is 5.98. The highest BCUT2D eigenvalue weighted by Crippen LogP contribution is 2.64. The average Bonchev–Trinajstić information content (AvgIpc) is 3.01. The molecule has 0 radical (unpaired) electrons. The number of aliphatic hydroxyl groups excluding tert-OH is 1. The zero-order valence-corrected chi connectivity index (χ0v) is 14.5. The fourth-order valence-corrected chi connectivity index (χ4v) is 5.42. The Bertz CT molecular complexity index is 864. The number of hydrogen-bond acceptors (Lipinski definition) is 6. The van der Waals surface area contributed by atoms with Gasteiger partial charge in [0.1, 0.15) is 6.10 Å². The van der Waals surface area contributed by atoms with Gasteiger partial charge in [0, 0.05) is 18.0 Å². The van der Waals surface area contributed by atoms with Gasteiger partial charge in [-0.15, -0.1) is 0 Å². The lowest BCUT2D eigenvalue weighted by Gasteiger charge is -2.56. The highest BCUT2D eigenvalue weighted by atomic mass is 16.5. The number of carbonyl (C=O) groups is 2. The van der Waals surface area contributed by atoms with E-state index < -0.39 is 29.8 Å². The molecule has 1 N–H and O–H groups in total. The second-order valence-electron chi connectivity index (χ2n) is 7.24. The smallest absolute Gasteiger partial charge is 0.409 e. The largest absolute Gasteiger partial charge is 0.493 e. The summed E-state index contributed by atoms with van der Waals surface area (Å²) in [4.78, 5) is 26.5. The predicted molar refractivity (Wildman–Crippen MR) is 89.2 cm³/mol. The molecule has 2 heterocycles. The van der Waals surface area contributed by atoms with E-state index >= 15 is 0 Å². The summed E-state index contributed by atoms with van der Waals surface area (Å²) >= 11 is 0. The quantitative estimate of drug-likeness (QED) is 0.816. The molecule has 2 unspecified atom stereocenters. The summed E-state index contributed by atoms with van der Waals surface area (Å²) in [5.41, 5.74) is 0.971. The first-order chi connectivity index (χ1) is 12.5. The molecule has 2 aliphatic heterocycles. The molecular formula is C19H19NO6. The van der Waals surface area contributed by atoms with Crippen LogP contribution in [0, 0.1) is 5.92 Å². The molecule has 1 fully saturated rings. The lowest BCUT2D eigenvalue weighted by Crippen LogP contribution is -2.66. The number of piperidine rings is 1. The van der Waals surface area contributed by atoms with Crippen LogP contribution in [-0.2, 0) is 14.9 Å². The van der Waals surface area contributed by atoms with Crippen molar-refractivity contribution in [3.63, 3.8) is 0 Å². The van der Waals surface area contributed by atoms with Gasteiger partial charge in [0.15, 0.2) is 23.4 Å². The Morgan fingerprint density at radius 2 is 2.19 bits per heavy atom. The number of nitrogens with zero attached hydrogens (tertiary/aromatic N) is 1. The Labute approximate surface area is 150 Å². The Morgan fingerprint density at radius 1 is 1.38 bits per heavy atom. The summed E-state index contributed by atoms with van der Waals surface area (Å²) < 4.78 is 16.5. The molecule has 0 saturated carbocycles. The maximum atomic E-state index is 12.7. The number of carbonyl (C=O) groups excluding carboxylic acids is 2. The van der Waals surface area contributed by atoms with Crippen molar-refractivity contribution in [2.24, 2.45) is 5.92 Å². The Balaban J connectivity index is 1.79. The SMILES string of the molecule is COC(=O)N1CC[C@]23c4c5ccc(OC)c4O[C@H]2C(=O)C=CC3[C@H]1C5O. The van der Waals surface area contributed by atoms with Crippen molar-refractivity contribution in [3.05, 3.63) is 35.4 Å². The van der Waals surface area contributed by atoms with Crippen molar-refractivity contribution in [2.45, 2.75) is 30.1 Å². The topological polar surface area (TPSA) is 85.3 Å². The Hall–Kier alpha value is -2.54. The number of aliphatic hydroxyl groups is 1. The van der Waals surface area contributed by atoms with Crippen LogP contribution in [0.15, 0.2) is 24.3 Å². The Kier molecular flexibility index (Phi) is 3.02. The van der Waals surface area contributed by atoms with E-state index in [1.807, 2.05) is 12.1 Å². The molecule has 2 aliphatic carbocycles. The number of ketones is 1. The van der Waals surface area contributed by atoms with Crippen LogP contribution >= 0.6 is 0 Å². The summed E-state index contributed by atoms with van der Waals surface area (Å²) in [6.45, 7) is 0.391. The predicted octanol–water partition coefficient (Wildman–Crippen LogP) is 1.34. The number of rotatable bonds is 1. The summed E-state index contributed by atoms with van der Waals surface area (Å²) in [5, 5.41) is 11.1. The van der Waals surface area contributed by atoms with E-state index in [4.69, 9.17) is 14.2 Å². The minimum atomic E-state index is -0.896. The number of hydrogen-bond donors (Lipinski definition) is 1. The molecule has 136 valence electrons. The van der Waals surface area contributed by atoms with Crippen molar-refractivity contribution < 1.29 is 28.9 Å². The van der Waals surface area contributed by atoms with Crippen LogP contribution in [-0.4, -0.2) is 54.8 Å². The second-order valence-corrected chi connectivity index (χ2v) is 7.24. The molecule has 1 aromatic rings. The van der Waals surface area contributed by atoms with Crippen LogP contribution < -0.4 is 9.47 Å². The molecule has 0 aromatic heterocycles. The molecule has 1 spiro atoms. The monoisotopic (exact) mass is 357 g/mol. The molecule has 4 aliphatic rings. The molecule has 26 heavy (non-hydrogen) atoms. The first-order valence-corrected chi connectivity index (χ1v) is 8.67. The minimum Gasteiger partial charge on any atom is -0.493 e. The van der Waals surface area contributed by atoms with Gasteiger partial charge in [0.2, 0.25) is 0 Å². The number of methoxy groups -OCH3 is 2. The van der Waals surface area contributed by atoms with Crippen molar-refractivity contribution in [1.82, 2.24) is 4.90 Å². The second kappa shape index (κ2) is 5.01. The van der Waals surface area contributed by atoms with Crippen LogP contribution in [0.3, 0.4) is 0 Å². The van der Waals surface area contributed by atoms with E-state index in [0.29, 0.717) is 30.0 Å². The van der Waals surface area contributed by atoms with Gasteiger partial charge < -0.3 is 24.2 Å². The first-order valence-electron chi connectivity index (χ1n) is 8.67. The molecule has 5 atom stereocenters. The third-order valence-corrected chi connectivity index (χ3v) is 6.41. The fraction of sp³-hybridized carbons (Fsp3) is 0.474. The average molecular weight is 357 g/mol. The molecule has 1 saturated heterocycles. The van der Waals surface area contributed by atoms with Gasteiger partial charge in [-0.05, 0) is 24.1 Å². The van der Waals surface area contributed by atoms with Crippen molar-refractivity contribution in [2.75, 3.05) is 20.8 Å². The van der Waals surface area contributed by atoms with Crippen LogP contribution in [0.5, 0.6) is 11.5 Å². The van der Waals surface area contributed by atoms with Gasteiger partial charge in [0.25, 0.3) is 0 Å². The maximum Gasteiger partial charge on any atom is 0.409 e. The standard InChI is InChI=1S/C19H19NO6/c1-24-12-6-3-9-13-16(12)26-17-11(21)5-4-10-14(15(9)22)20(18(23)25-2)8-7-19(10,13)17/h3-6,10,14-15,17,22H,7-8H2,1-2H3/t10?,14-,15?,17-,19-/m0/s1. The maximum absolute atomic E-state index is 12.7. The van der Waals surface area contributed by atoms with E-state index in [1.54, 1.807) is 18.1 Å². The van der Waals surface area contributed by atoms with Gasteiger partial charge >= 0.3 is 6.09 Å². The lowest BCUT2D eigenvalue weighted by atomic mass is 9.53. The van der Waals surface area contributed by atoms with Crippen LogP contribution in [0.4, 0.5) is 4.79 Å². The van der Waals surface area contributed by atoms with E-state index in [9.17, 15) is 14.7 Å². The summed E-state index contributed by atoms with van der Waals surface area (Å²) in [6, 6.07) is 3.04. The van der Waals surface area contributed by atoms with E-state index in [1.165, 1.54) is 13.2 Å². The van der Waals surface area contributed by atoms with Crippen LogP contribution in [0.25, 0.3) is 0 Å². The third-order valence-electron chi connectivity index (χ3n) is 6.41. The van der Waals surface area contributed by atoms with E-state index in [-0.39, 0.29) is 11.7 Å². The zero-order valence-electron chi connectivity index (χ0n) is 14.5. The van der Waals surface area contributed by atoms with Crippen molar-refractivity contribution in [3.8, 4) is 11.5 Å². The summed E-state index contributed by atoms with van der Waals surface area (Å²) in [7, 11) is 2.89. The summed E-state index contributed by atoms with van der Waals surface area (Å²) in [6.07, 6.45) is 1.87. The molecular weight excluding hydrogens is 338 g/mol. The van der Waals surface area contributed by atoms with Crippen molar-refractivity contribution >= 4 is 11.9 Å². The first kappa shape index (κ1) is 15.7. The normalized spacial score (nSPS) is 35.7. The minimum absolute atomic E-state index is 0.0906. The van der Waals surface area contributed by atoms with Gasteiger partial charge in [-0.1, -0.05) is 12.1 Å². The van der Waals surface area contributed by atoms with E-state index in [2.05, 4.69) is 0 Å².